The molecule has 0 radical (unpaired) electrons. The van der Waals surface area contributed by atoms with Crippen molar-refractivity contribution in [3.8, 4) is 17.4 Å². The van der Waals surface area contributed by atoms with Crippen LogP contribution in [0.5, 0.6) is 17.4 Å². The summed E-state index contributed by atoms with van der Waals surface area (Å²) in [5.74, 6) is -0.208. The molecule has 2 aromatic heterocycles. The van der Waals surface area contributed by atoms with E-state index in [9.17, 15) is 19.8 Å². The van der Waals surface area contributed by atoms with Crippen LogP contribution in [0.2, 0.25) is 0 Å². The highest BCUT2D eigenvalue weighted by Crippen LogP contribution is 2.30. The van der Waals surface area contributed by atoms with E-state index in [0.29, 0.717) is 31.0 Å². The molecular formula is C29H31N5O6. The molecule has 4 aromatic rings. The zero-order chi connectivity index (χ0) is 28.3. The second-order valence-corrected chi connectivity index (χ2v) is 10.3. The molecular weight excluding hydrogens is 514 g/mol. The molecule has 0 aliphatic carbocycles. The van der Waals surface area contributed by atoms with E-state index in [-0.39, 0.29) is 35.1 Å². The third kappa shape index (κ3) is 6.28. The molecule has 2 aromatic carbocycles. The number of benzene rings is 2. The number of ether oxygens (including phenoxy) is 2. The van der Waals surface area contributed by atoms with Gasteiger partial charge in [0.1, 0.15) is 11.5 Å². The maximum atomic E-state index is 13.3. The average molecular weight is 546 g/mol. The first kappa shape index (κ1) is 27.3. The van der Waals surface area contributed by atoms with Crippen LogP contribution in [0, 0.1) is 0 Å². The number of amides is 1. The van der Waals surface area contributed by atoms with E-state index in [1.54, 1.807) is 18.4 Å². The normalized spacial score (nSPS) is 14.3. The fourth-order valence-electron chi connectivity index (χ4n) is 4.56. The molecule has 1 aliphatic heterocycles. The highest BCUT2D eigenvalue weighted by Gasteiger charge is 2.22. The number of hydrogen-bond donors (Lipinski definition) is 3. The van der Waals surface area contributed by atoms with Crippen molar-refractivity contribution in [2.75, 3.05) is 31.6 Å². The summed E-state index contributed by atoms with van der Waals surface area (Å²) in [6.45, 7) is 7.51. The van der Waals surface area contributed by atoms with Crippen molar-refractivity contribution in [2.24, 2.45) is 0 Å². The minimum Gasteiger partial charge on any atom is -0.507 e. The van der Waals surface area contributed by atoms with Gasteiger partial charge in [-0.15, -0.1) is 0 Å². The van der Waals surface area contributed by atoms with E-state index in [1.807, 2.05) is 18.2 Å². The minimum absolute atomic E-state index is 0.0209. The fourth-order valence-corrected chi connectivity index (χ4v) is 4.56. The Labute approximate surface area is 231 Å². The summed E-state index contributed by atoms with van der Waals surface area (Å²) in [6, 6.07) is 13.4. The Morgan fingerprint density at radius 1 is 1.18 bits per heavy atom. The molecule has 3 N–H and O–H groups in total. The number of aldehydes is 1. The number of nitrogens with zero attached hydrogens (tertiary/aromatic N) is 4. The van der Waals surface area contributed by atoms with Crippen LogP contribution in [0.3, 0.4) is 0 Å². The summed E-state index contributed by atoms with van der Waals surface area (Å²) in [5, 5.41) is 23.4. The van der Waals surface area contributed by atoms with Gasteiger partial charge in [-0.2, -0.15) is 0 Å². The lowest BCUT2D eigenvalue weighted by Crippen LogP contribution is -2.35. The number of hydrogen-bond acceptors (Lipinski definition) is 9. The largest absolute Gasteiger partial charge is 0.507 e. The van der Waals surface area contributed by atoms with Gasteiger partial charge in [0.25, 0.3) is 5.91 Å². The molecule has 1 saturated heterocycles. The van der Waals surface area contributed by atoms with Crippen molar-refractivity contribution in [3.63, 3.8) is 0 Å². The lowest BCUT2D eigenvalue weighted by atomic mass is 10.1. The van der Waals surface area contributed by atoms with E-state index in [4.69, 9.17) is 9.47 Å². The molecule has 0 saturated carbocycles. The quantitative estimate of drug-likeness (QED) is 0.269. The number of pyridine rings is 1. The number of carbonyl (C=O) groups excluding carboxylic acids is 2. The number of aromatic nitrogens is 3. The van der Waals surface area contributed by atoms with Gasteiger partial charge in [0.15, 0.2) is 6.29 Å². The Balaban J connectivity index is 1.41. The third-order valence-electron chi connectivity index (χ3n) is 6.47. The summed E-state index contributed by atoms with van der Waals surface area (Å²) >= 11 is 0. The monoisotopic (exact) mass is 545 g/mol. The number of phenols is 1. The van der Waals surface area contributed by atoms with Crippen molar-refractivity contribution >= 4 is 29.2 Å². The fraction of sp³-hybridized carbons (Fsp3) is 0.310. The molecule has 0 spiro atoms. The van der Waals surface area contributed by atoms with E-state index >= 15 is 0 Å². The smallest absolute Gasteiger partial charge is 0.258 e. The molecule has 11 nitrogen and oxygen atoms in total. The van der Waals surface area contributed by atoms with Gasteiger partial charge >= 0.3 is 0 Å². The summed E-state index contributed by atoms with van der Waals surface area (Å²) in [5.41, 5.74) is 1.74. The summed E-state index contributed by atoms with van der Waals surface area (Å²) in [4.78, 5) is 35.8. The SMILES string of the molecule is CC(C)(O)Cn1c(NC(=O)c2ccnc(Oc3cccc(O)c3C=O)c2)nc2ccc(CN3CCOCC3)cc21. The van der Waals surface area contributed by atoms with Gasteiger partial charge < -0.3 is 24.3 Å². The third-order valence-corrected chi connectivity index (χ3v) is 6.47. The molecule has 11 heteroatoms. The van der Waals surface area contributed by atoms with Crippen molar-refractivity contribution < 1.29 is 29.3 Å². The van der Waals surface area contributed by atoms with Gasteiger partial charge in [-0.05, 0) is 49.7 Å². The second-order valence-electron chi connectivity index (χ2n) is 10.3. The van der Waals surface area contributed by atoms with Crippen molar-refractivity contribution in [3.05, 3.63) is 71.4 Å². The predicted molar refractivity (Wildman–Crippen MR) is 148 cm³/mol. The minimum atomic E-state index is -1.07. The van der Waals surface area contributed by atoms with Gasteiger partial charge in [-0.3, -0.25) is 19.8 Å². The van der Waals surface area contributed by atoms with E-state index < -0.39 is 11.5 Å². The van der Waals surface area contributed by atoms with E-state index in [2.05, 4.69) is 20.2 Å². The van der Waals surface area contributed by atoms with Crippen molar-refractivity contribution in [2.45, 2.75) is 32.5 Å². The number of rotatable bonds is 9. The maximum Gasteiger partial charge on any atom is 0.258 e. The molecule has 0 bridgehead atoms. The van der Waals surface area contributed by atoms with Crippen LogP contribution in [0.1, 0.15) is 40.1 Å². The van der Waals surface area contributed by atoms with Crippen LogP contribution in [0.4, 0.5) is 5.95 Å². The zero-order valence-electron chi connectivity index (χ0n) is 22.3. The molecule has 3 heterocycles. The molecule has 1 fully saturated rings. The van der Waals surface area contributed by atoms with Gasteiger partial charge in [0.2, 0.25) is 11.8 Å². The first-order chi connectivity index (χ1) is 19.2. The number of morpholine rings is 1. The van der Waals surface area contributed by atoms with Gasteiger partial charge in [-0.25, -0.2) is 9.97 Å². The average Bonchev–Trinajstić information content (AvgIpc) is 3.24. The molecule has 1 aliphatic rings. The number of imidazole rings is 1. The zero-order valence-corrected chi connectivity index (χ0v) is 22.3. The first-order valence-electron chi connectivity index (χ1n) is 12.9. The lowest BCUT2D eigenvalue weighted by molar-refractivity contribution is 0.0342. The molecule has 40 heavy (non-hydrogen) atoms. The van der Waals surface area contributed by atoms with Gasteiger partial charge in [0.05, 0.1) is 42.0 Å². The Bertz CT molecular complexity index is 1540. The second kappa shape index (κ2) is 11.4. The van der Waals surface area contributed by atoms with Crippen LogP contribution in [0.25, 0.3) is 11.0 Å². The molecule has 1 amide bonds. The Morgan fingerprint density at radius 3 is 2.73 bits per heavy atom. The number of anilines is 1. The summed E-state index contributed by atoms with van der Waals surface area (Å²) < 4.78 is 12.9. The first-order valence-corrected chi connectivity index (χ1v) is 12.9. The Hall–Kier alpha value is -4.32. The van der Waals surface area contributed by atoms with E-state index in [0.717, 1.165) is 30.7 Å². The highest BCUT2D eigenvalue weighted by molar-refractivity contribution is 6.04. The van der Waals surface area contributed by atoms with Crippen LogP contribution in [-0.2, 0) is 17.8 Å². The number of nitrogens with one attached hydrogen (secondary N) is 1. The van der Waals surface area contributed by atoms with Gasteiger partial charge in [0, 0.05) is 37.5 Å². The summed E-state index contributed by atoms with van der Waals surface area (Å²) in [6.07, 6.45) is 1.89. The number of aliphatic hydroxyl groups is 1. The Morgan fingerprint density at radius 2 is 1.98 bits per heavy atom. The number of fused-ring (bicyclic) bond motifs is 1. The number of carbonyl (C=O) groups is 2. The standard InChI is InChI=1S/C29H31N5O6/c1-29(2,38)18-34-23-14-19(16-33-10-12-39-13-11-33)6-7-22(23)31-28(34)32-27(37)20-8-9-30-26(15-20)40-25-5-3-4-24(36)21(25)17-35/h3-9,14-15,17,36,38H,10-13,16,18H2,1-2H3,(H,31,32,37). The molecule has 0 atom stereocenters. The van der Waals surface area contributed by atoms with Crippen LogP contribution < -0.4 is 10.1 Å². The highest BCUT2D eigenvalue weighted by atomic mass is 16.5. The topological polar surface area (TPSA) is 139 Å². The number of phenolic OH excluding ortho intramolecular Hbond substituents is 1. The van der Waals surface area contributed by atoms with Crippen LogP contribution in [-0.4, -0.2) is 73.7 Å². The molecule has 208 valence electrons. The number of aromatic hydroxyl groups is 1. The van der Waals surface area contributed by atoms with Crippen LogP contribution >= 0.6 is 0 Å². The summed E-state index contributed by atoms with van der Waals surface area (Å²) in [7, 11) is 0. The van der Waals surface area contributed by atoms with E-state index in [1.165, 1.54) is 36.5 Å². The van der Waals surface area contributed by atoms with Crippen molar-refractivity contribution in [1.29, 1.82) is 0 Å². The maximum absolute atomic E-state index is 13.3. The predicted octanol–water partition coefficient (Wildman–Crippen LogP) is 3.60. The Kier molecular flexibility index (Phi) is 7.78. The van der Waals surface area contributed by atoms with Crippen LogP contribution in [0.15, 0.2) is 54.7 Å². The molecule has 5 rings (SSSR count). The van der Waals surface area contributed by atoms with Gasteiger partial charge in [-0.1, -0.05) is 12.1 Å². The van der Waals surface area contributed by atoms with Crippen molar-refractivity contribution in [1.82, 2.24) is 19.4 Å². The molecule has 0 unspecified atom stereocenters. The lowest BCUT2D eigenvalue weighted by Gasteiger charge is -2.26.